The number of aromatic nitrogens is 3. The van der Waals surface area contributed by atoms with Crippen LogP contribution in [0.3, 0.4) is 0 Å². The predicted molar refractivity (Wildman–Crippen MR) is 77.8 cm³/mol. The number of carbonyl (C=O) groups excluding carboxylic acids is 1. The highest BCUT2D eigenvalue weighted by atomic mass is 32.1. The molecule has 0 spiro atoms. The van der Waals surface area contributed by atoms with E-state index in [2.05, 4.69) is 33.5 Å². The van der Waals surface area contributed by atoms with Gasteiger partial charge in [0.2, 0.25) is 5.82 Å². The highest BCUT2D eigenvalue weighted by Crippen LogP contribution is 2.37. The number of amides is 1. The van der Waals surface area contributed by atoms with Gasteiger partial charge >= 0.3 is 0 Å². The van der Waals surface area contributed by atoms with Gasteiger partial charge in [0.25, 0.3) is 5.91 Å². The second kappa shape index (κ2) is 5.75. The molecular weight excluding hydrogens is 272 g/mol. The van der Waals surface area contributed by atoms with Crippen molar-refractivity contribution >= 4 is 17.2 Å². The molecule has 0 radical (unpaired) electrons. The first-order valence-electron chi connectivity index (χ1n) is 7.04. The number of nitrogens with one attached hydrogen (secondary N) is 2. The standard InChI is InChI=1S/C14H18N4OS/c1-2-4-10(11-5-3-8-20-11)15-14(19)13-16-12(17-18-13)9-6-7-9/h3,5,8-10H,2,4,6-7H2,1H3,(H,15,19)(H,16,17,18). The Hall–Kier alpha value is -1.69. The Bertz CT molecular complexity index is 574. The summed E-state index contributed by atoms with van der Waals surface area (Å²) in [5.74, 6) is 1.38. The average Bonchev–Trinajstić information content (AvgIpc) is 2.96. The van der Waals surface area contributed by atoms with Gasteiger partial charge in [-0.25, -0.2) is 4.98 Å². The van der Waals surface area contributed by atoms with Crippen LogP contribution < -0.4 is 5.32 Å². The lowest BCUT2D eigenvalue weighted by Crippen LogP contribution is -2.28. The maximum Gasteiger partial charge on any atom is 0.291 e. The van der Waals surface area contributed by atoms with Gasteiger partial charge in [-0.3, -0.25) is 9.89 Å². The van der Waals surface area contributed by atoms with E-state index >= 15 is 0 Å². The van der Waals surface area contributed by atoms with Crippen LogP contribution in [0.4, 0.5) is 0 Å². The van der Waals surface area contributed by atoms with Gasteiger partial charge < -0.3 is 5.32 Å². The third kappa shape index (κ3) is 2.90. The Morgan fingerprint density at radius 1 is 1.60 bits per heavy atom. The monoisotopic (exact) mass is 290 g/mol. The van der Waals surface area contributed by atoms with Gasteiger partial charge in [-0.2, -0.15) is 0 Å². The van der Waals surface area contributed by atoms with E-state index in [1.165, 1.54) is 4.88 Å². The Balaban J connectivity index is 1.68. The van der Waals surface area contributed by atoms with E-state index in [0.29, 0.717) is 5.92 Å². The molecule has 1 aliphatic rings. The summed E-state index contributed by atoms with van der Waals surface area (Å²) in [5.41, 5.74) is 0. The van der Waals surface area contributed by atoms with E-state index in [4.69, 9.17) is 0 Å². The molecule has 1 atom stereocenters. The van der Waals surface area contributed by atoms with E-state index in [1.807, 2.05) is 11.4 Å². The molecule has 5 nitrogen and oxygen atoms in total. The SMILES string of the molecule is CCCC(NC(=O)c1n[nH]c(C2CC2)n1)c1cccs1. The van der Waals surface area contributed by atoms with Gasteiger partial charge in [0.05, 0.1) is 6.04 Å². The van der Waals surface area contributed by atoms with Crippen LogP contribution in [0.5, 0.6) is 0 Å². The van der Waals surface area contributed by atoms with Gasteiger partial charge in [0, 0.05) is 10.8 Å². The zero-order valence-corrected chi connectivity index (χ0v) is 12.2. The van der Waals surface area contributed by atoms with Gasteiger partial charge in [0.15, 0.2) is 0 Å². The number of hydrogen-bond acceptors (Lipinski definition) is 4. The van der Waals surface area contributed by atoms with Gasteiger partial charge in [0.1, 0.15) is 5.82 Å². The lowest BCUT2D eigenvalue weighted by atomic mass is 10.1. The number of rotatable bonds is 6. The van der Waals surface area contributed by atoms with Crippen LogP contribution in [0.25, 0.3) is 0 Å². The Morgan fingerprint density at radius 2 is 2.45 bits per heavy atom. The molecule has 2 heterocycles. The normalized spacial score (nSPS) is 16.1. The molecule has 2 N–H and O–H groups in total. The molecule has 0 saturated heterocycles. The highest BCUT2D eigenvalue weighted by Gasteiger charge is 2.28. The number of aromatic amines is 1. The third-order valence-electron chi connectivity index (χ3n) is 3.44. The summed E-state index contributed by atoms with van der Waals surface area (Å²) < 4.78 is 0. The fourth-order valence-corrected chi connectivity index (χ4v) is 3.01. The molecule has 2 aromatic heterocycles. The second-order valence-corrected chi connectivity index (χ2v) is 6.13. The van der Waals surface area contributed by atoms with Crippen molar-refractivity contribution in [3.05, 3.63) is 34.0 Å². The van der Waals surface area contributed by atoms with Crippen molar-refractivity contribution in [1.29, 1.82) is 0 Å². The first kappa shape index (κ1) is 13.3. The summed E-state index contributed by atoms with van der Waals surface area (Å²) >= 11 is 1.66. The summed E-state index contributed by atoms with van der Waals surface area (Å²) in [6.45, 7) is 2.12. The molecule has 1 amide bonds. The van der Waals surface area contributed by atoms with Crippen molar-refractivity contribution in [3.8, 4) is 0 Å². The maximum absolute atomic E-state index is 12.2. The first-order valence-corrected chi connectivity index (χ1v) is 7.92. The Morgan fingerprint density at radius 3 is 3.10 bits per heavy atom. The minimum atomic E-state index is -0.194. The van der Waals surface area contributed by atoms with E-state index in [-0.39, 0.29) is 17.8 Å². The molecule has 1 saturated carbocycles. The molecule has 6 heteroatoms. The summed E-state index contributed by atoms with van der Waals surface area (Å²) in [5, 5.41) is 12.0. The molecule has 0 bridgehead atoms. The zero-order chi connectivity index (χ0) is 13.9. The van der Waals surface area contributed by atoms with E-state index < -0.39 is 0 Å². The van der Waals surface area contributed by atoms with Gasteiger partial charge in [-0.1, -0.05) is 19.4 Å². The maximum atomic E-state index is 12.2. The van der Waals surface area contributed by atoms with Crippen LogP contribution in [-0.2, 0) is 0 Å². The van der Waals surface area contributed by atoms with Crippen molar-refractivity contribution in [2.75, 3.05) is 0 Å². The molecule has 3 rings (SSSR count). The highest BCUT2D eigenvalue weighted by molar-refractivity contribution is 7.10. The van der Waals surface area contributed by atoms with Crippen molar-refractivity contribution in [2.24, 2.45) is 0 Å². The lowest BCUT2D eigenvalue weighted by molar-refractivity contribution is 0.0925. The summed E-state index contributed by atoms with van der Waals surface area (Å²) in [6.07, 6.45) is 4.23. The minimum Gasteiger partial charge on any atom is -0.342 e. The Kier molecular flexibility index (Phi) is 3.82. The van der Waals surface area contributed by atoms with E-state index in [1.54, 1.807) is 11.3 Å². The van der Waals surface area contributed by atoms with Gasteiger partial charge in [-0.15, -0.1) is 16.4 Å². The molecule has 1 aliphatic carbocycles. The Labute approximate surface area is 121 Å². The molecule has 0 aliphatic heterocycles. The third-order valence-corrected chi connectivity index (χ3v) is 4.43. The summed E-state index contributed by atoms with van der Waals surface area (Å²) in [7, 11) is 0. The van der Waals surface area contributed by atoms with Crippen molar-refractivity contribution in [2.45, 2.75) is 44.6 Å². The lowest BCUT2D eigenvalue weighted by Gasteiger charge is -2.15. The summed E-state index contributed by atoms with van der Waals surface area (Å²) in [6, 6.07) is 4.11. The van der Waals surface area contributed by atoms with Crippen molar-refractivity contribution in [3.63, 3.8) is 0 Å². The molecule has 2 aromatic rings. The molecule has 106 valence electrons. The van der Waals surface area contributed by atoms with E-state index in [9.17, 15) is 4.79 Å². The minimum absolute atomic E-state index is 0.0513. The topological polar surface area (TPSA) is 70.7 Å². The predicted octanol–water partition coefficient (Wildman–Crippen LogP) is 3.01. The number of nitrogens with zero attached hydrogens (tertiary/aromatic N) is 2. The summed E-state index contributed by atoms with van der Waals surface area (Å²) in [4.78, 5) is 17.7. The fraction of sp³-hybridized carbons (Fsp3) is 0.500. The molecule has 1 unspecified atom stereocenters. The van der Waals surface area contributed by atoms with Gasteiger partial charge in [-0.05, 0) is 30.7 Å². The van der Waals surface area contributed by atoms with Crippen LogP contribution in [0.15, 0.2) is 17.5 Å². The number of H-pyrrole nitrogens is 1. The first-order chi connectivity index (χ1) is 9.78. The molecule has 0 aromatic carbocycles. The van der Waals surface area contributed by atoms with Crippen LogP contribution in [0.2, 0.25) is 0 Å². The van der Waals surface area contributed by atoms with E-state index in [0.717, 1.165) is 31.5 Å². The molecule has 1 fully saturated rings. The molecule has 20 heavy (non-hydrogen) atoms. The zero-order valence-electron chi connectivity index (χ0n) is 11.4. The smallest absolute Gasteiger partial charge is 0.291 e. The van der Waals surface area contributed by atoms with Crippen LogP contribution in [0.1, 0.15) is 65.9 Å². The second-order valence-electron chi connectivity index (χ2n) is 5.15. The largest absolute Gasteiger partial charge is 0.342 e. The fourth-order valence-electron chi connectivity index (χ4n) is 2.20. The molecular formula is C14H18N4OS. The number of thiophene rings is 1. The van der Waals surface area contributed by atoms with Crippen molar-refractivity contribution in [1.82, 2.24) is 20.5 Å². The average molecular weight is 290 g/mol. The quantitative estimate of drug-likeness (QED) is 0.859. The van der Waals surface area contributed by atoms with Crippen LogP contribution in [-0.4, -0.2) is 21.1 Å². The van der Waals surface area contributed by atoms with Crippen molar-refractivity contribution < 1.29 is 4.79 Å². The van der Waals surface area contributed by atoms with Crippen LogP contribution in [0, 0.1) is 0 Å². The number of carbonyl (C=O) groups is 1. The van der Waals surface area contributed by atoms with Crippen LogP contribution >= 0.6 is 11.3 Å². The number of hydrogen-bond donors (Lipinski definition) is 2.